The number of imidazole rings is 1. The number of carbonyl (C=O) groups is 1. The summed E-state index contributed by atoms with van der Waals surface area (Å²) in [4.78, 5) is 25.5. The van der Waals surface area contributed by atoms with Crippen molar-refractivity contribution in [2.75, 3.05) is 0 Å². The van der Waals surface area contributed by atoms with Gasteiger partial charge in [-0.25, -0.2) is 4.98 Å². The molecule has 3 rings (SSSR count). The van der Waals surface area contributed by atoms with E-state index in [9.17, 15) is 14.9 Å². The zero-order chi connectivity index (χ0) is 15.5. The number of nitrogens with zero attached hydrogens (tertiary/aromatic N) is 3. The minimum atomic E-state index is -0.557. The highest BCUT2D eigenvalue weighted by atomic mass is 16.6. The molecule has 7 heteroatoms. The molecule has 0 aliphatic rings. The monoisotopic (exact) mass is 297 g/mol. The Morgan fingerprint density at radius 1 is 1.32 bits per heavy atom. The van der Waals surface area contributed by atoms with Crippen molar-refractivity contribution in [1.82, 2.24) is 9.38 Å². The molecule has 0 radical (unpaired) electrons. The highest BCUT2D eigenvalue weighted by molar-refractivity contribution is 5.80. The summed E-state index contributed by atoms with van der Waals surface area (Å²) in [5.41, 5.74) is 1.47. The molecule has 2 aromatic heterocycles. The van der Waals surface area contributed by atoms with Gasteiger partial charge in [0, 0.05) is 24.5 Å². The average Bonchev–Trinajstić information content (AvgIpc) is 2.95. The van der Waals surface area contributed by atoms with E-state index in [-0.39, 0.29) is 23.6 Å². The maximum Gasteiger partial charge on any atom is 0.270 e. The van der Waals surface area contributed by atoms with E-state index in [1.165, 1.54) is 18.2 Å². The lowest BCUT2D eigenvalue weighted by Gasteiger charge is -2.06. The minimum Gasteiger partial charge on any atom is -0.486 e. The van der Waals surface area contributed by atoms with Crippen LogP contribution in [-0.4, -0.2) is 20.6 Å². The zero-order valence-corrected chi connectivity index (χ0v) is 11.4. The first-order valence-corrected chi connectivity index (χ1v) is 6.46. The predicted octanol–water partition coefficient (Wildman–Crippen LogP) is 2.63. The lowest BCUT2D eigenvalue weighted by molar-refractivity contribution is -0.384. The van der Waals surface area contributed by atoms with Crippen molar-refractivity contribution < 1.29 is 14.5 Å². The van der Waals surface area contributed by atoms with E-state index in [2.05, 4.69) is 4.98 Å². The molecule has 7 nitrogen and oxygen atoms in total. The van der Waals surface area contributed by atoms with Crippen molar-refractivity contribution in [3.8, 4) is 5.75 Å². The maximum atomic E-state index is 11.0. The largest absolute Gasteiger partial charge is 0.486 e. The third kappa shape index (κ3) is 2.64. The lowest BCUT2D eigenvalue weighted by Crippen LogP contribution is -1.99. The molecular weight excluding hydrogens is 286 g/mol. The van der Waals surface area contributed by atoms with Gasteiger partial charge in [-0.1, -0.05) is 6.07 Å². The summed E-state index contributed by atoms with van der Waals surface area (Å²) in [5.74, 6) is 0.289. The van der Waals surface area contributed by atoms with Crippen LogP contribution in [0.15, 0.2) is 48.8 Å². The van der Waals surface area contributed by atoms with Crippen LogP contribution in [0.25, 0.3) is 5.65 Å². The number of pyridine rings is 1. The molecule has 0 N–H and O–H groups in total. The van der Waals surface area contributed by atoms with Gasteiger partial charge in [0.1, 0.15) is 18.0 Å². The highest BCUT2D eigenvalue weighted by Crippen LogP contribution is 2.23. The van der Waals surface area contributed by atoms with E-state index in [0.717, 1.165) is 5.65 Å². The van der Waals surface area contributed by atoms with E-state index in [4.69, 9.17) is 4.74 Å². The van der Waals surface area contributed by atoms with Gasteiger partial charge in [0.2, 0.25) is 0 Å². The van der Waals surface area contributed by atoms with E-state index in [1.807, 2.05) is 35.0 Å². The van der Waals surface area contributed by atoms with Crippen molar-refractivity contribution >= 4 is 17.6 Å². The van der Waals surface area contributed by atoms with Crippen LogP contribution in [0.3, 0.4) is 0 Å². The zero-order valence-electron chi connectivity index (χ0n) is 11.4. The van der Waals surface area contributed by atoms with Crippen LogP contribution in [0.2, 0.25) is 0 Å². The van der Waals surface area contributed by atoms with Gasteiger partial charge >= 0.3 is 0 Å². The van der Waals surface area contributed by atoms with Crippen LogP contribution in [0.5, 0.6) is 5.75 Å². The number of ether oxygens (including phenoxy) is 1. The fourth-order valence-corrected chi connectivity index (χ4v) is 2.08. The molecule has 0 saturated carbocycles. The molecule has 0 spiro atoms. The molecule has 0 aliphatic heterocycles. The number of rotatable bonds is 5. The first-order valence-electron chi connectivity index (χ1n) is 6.46. The Morgan fingerprint density at radius 3 is 2.91 bits per heavy atom. The Kier molecular flexibility index (Phi) is 3.53. The van der Waals surface area contributed by atoms with Gasteiger partial charge in [-0.2, -0.15) is 0 Å². The summed E-state index contributed by atoms with van der Waals surface area (Å²) in [6.07, 6.45) is 4.22. The Morgan fingerprint density at radius 2 is 2.18 bits per heavy atom. The number of nitro groups is 1. The molecule has 3 aromatic rings. The van der Waals surface area contributed by atoms with Crippen LogP contribution in [-0.2, 0) is 6.61 Å². The predicted molar refractivity (Wildman–Crippen MR) is 78.0 cm³/mol. The molecule has 22 heavy (non-hydrogen) atoms. The lowest BCUT2D eigenvalue weighted by atomic mass is 10.2. The molecule has 0 aliphatic carbocycles. The van der Waals surface area contributed by atoms with Crippen LogP contribution >= 0.6 is 0 Å². The van der Waals surface area contributed by atoms with Gasteiger partial charge < -0.3 is 9.14 Å². The molecule has 0 saturated heterocycles. The van der Waals surface area contributed by atoms with Crippen molar-refractivity contribution in [3.63, 3.8) is 0 Å². The molecule has 1 aromatic carbocycles. The fourth-order valence-electron chi connectivity index (χ4n) is 2.08. The second kappa shape index (κ2) is 5.65. The first kappa shape index (κ1) is 13.7. The van der Waals surface area contributed by atoms with Crippen molar-refractivity contribution in [1.29, 1.82) is 0 Å². The summed E-state index contributed by atoms with van der Waals surface area (Å²) in [7, 11) is 0. The van der Waals surface area contributed by atoms with Gasteiger partial charge in [0.25, 0.3) is 5.69 Å². The Bertz CT molecular complexity index is 824. The number of hydrogen-bond donors (Lipinski definition) is 0. The molecule has 0 atom stereocenters. The number of hydrogen-bond acceptors (Lipinski definition) is 5. The summed E-state index contributed by atoms with van der Waals surface area (Å²) in [6, 6.07) is 9.54. The Balaban J connectivity index is 1.81. The molecule has 2 heterocycles. The van der Waals surface area contributed by atoms with Gasteiger partial charge in [0.15, 0.2) is 6.29 Å². The second-order valence-electron chi connectivity index (χ2n) is 4.58. The molecule has 0 fully saturated rings. The molecule has 110 valence electrons. The van der Waals surface area contributed by atoms with Crippen molar-refractivity contribution in [2.24, 2.45) is 0 Å². The van der Waals surface area contributed by atoms with Gasteiger partial charge in [0.05, 0.1) is 16.2 Å². The summed E-state index contributed by atoms with van der Waals surface area (Å²) in [6.45, 7) is 0.167. The highest BCUT2D eigenvalue weighted by Gasteiger charge is 2.12. The fraction of sp³-hybridized carbons (Fsp3) is 0.0667. The Hall–Kier alpha value is -3.22. The number of benzene rings is 1. The number of fused-ring (bicyclic) bond motifs is 1. The SMILES string of the molecule is O=Cc1cc([N+](=O)[O-])ccc1OCc1cn2ccccc2n1. The summed E-state index contributed by atoms with van der Waals surface area (Å²) in [5, 5.41) is 10.7. The standard InChI is InChI=1S/C15H11N3O4/c19-9-11-7-13(18(20)21)4-5-14(11)22-10-12-8-17-6-2-1-3-15(17)16-12/h1-9H,10H2. The third-order valence-electron chi connectivity index (χ3n) is 3.12. The first-order chi connectivity index (χ1) is 10.7. The normalized spacial score (nSPS) is 10.5. The number of carbonyl (C=O) groups excluding carboxylic acids is 1. The van der Waals surface area contributed by atoms with E-state index >= 15 is 0 Å². The van der Waals surface area contributed by atoms with Gasteiger partial charge in [-0.15, -0.1) is 0 Å². The van der Waals surface area contributed by atoms with Crippen LogP contribution in [0.4, 0.5) is 5.69 Å². The van der Waals surface area contributed by atoms with E-state index < -0.39 is 4.92 Å². The average molecular weight is 297 g/mol. The summed E-state index contributed by atoms with van der Waals surface area (Å²) >= 11 is 0. The van der Waals surface area contributed by atoms with E-state index in [1.54, 1.807) is 0 Å². The topological polar surface area (TPSA) is 86.7 Å². The second-order valence-corrected chi connectivity index (χ2v) is 4.58. The molecule has 0 amide bonds. The van der Waals surface area contributed by atoms with Gasteiger partial charge in [-0.3, -0.25) is 14.9 Å². The van der Waals surface area contributed by atoms with Crippen LogP contribution in [0.1, 0.15) is 16.1 Å². The quantitative estimate of drug-likeness (QED) is 0.410. The number of aromatic nitrogens is 2. The van der Waals surface area contributed by atoms with Crippen molar-refractivity contribution in [3.05, 3.63) is 70.2 Å². The van der Waals surface area contributed by atoms with Crippen LogP contribution in [0, 0.1) is 10.1 Å². The molecular formula is C15H11N3O4. The molecule has 0 bridgehead atoms. The summed E-state index contributed by atoms with van der Waals surface area (Å²) < 4.78 is 7.41. The van der Waals surface area contributed by atoms with Crippen LogP contribution < -0.4 is 4.74 Å². The maximum absolute atomic E-state index is 11.0. The smallest absolute Gasteiger partial charge is 0.270 e. The number of aldehydes is 1. The Labute approximate surface area is 124 Å². The van der Waals surface area contributed by atoms with Crippen molar-refractivity contribution in [2.45, 2.75) is 6.61 Å². The number of nitro benzene ring substituents is 1. The third-order valence-corrected chi connectivity index (χ3v) is 3.12. The molecule has 0 unspecified atom stereocenters. The minimum absolute atomic E-state index is 0.137. The van der Waals surface area contributed by atoms with Gasteiger partial charge in [-0.05, 0) is 18.2 Å². The number of non-ortho nitro benzene ring substituents is 1. The van der Waals surface area contributed by atoms with E-state index in [0.29, 0.717) is 12.0 Å².